The monoisotopic (exact) mass is 458 g/mol. The molecule has 1 aliphatic carbocycles. The van der Waals surface area contributed by atoms with Crippen LogP contribution in [0.5, 0.6) is 0 Å². The number of carboxylic acids is 1. The number of nitrogens with one attached hydrogen (secondary N) is 2. The Morgan fingerprint density at radius 3 is 2.56 bits per heavy atom. The zero-order chi connectivity index (χ0) is 23.9. The second-order valence-electron chi connectivity index (χ2n) is 9.39. The van der Waals surface area contributed by atoms with Crippen molar-refractivity contribution in [2.75, 3.05) is 6.54 Å². The van der Waals surface area contributed by atoms with E-state index in [1.54, 1.807) is 0 Å². The molecule has 3 atom stereocenters. The molecule has 0 bridgehead atoms. The molecular weight excluding hydrogens is 424 g/mol. The molecule has 0 spiro atoms. The van der Waals surface area contributed by atoms with Crippen LogP contribution in [0.4, 0.5) is 0 Å². The zero-order valence-electron chi connectivity index (χ0n) is 19.8. The Hall–Kier alpha value is -3.18. The Bertz CT molecular complexity index is 1120. The minimum Gasteiger partial charge on any atom is -0.481 e. The number of hydrogen-bond donors (Lipinski definition) is 3. The van der Waals surface area contributed by atoms with E-state index in [0.29, 0.717) is 30.5 Å². The van der Waals surface area contributed by atoms with Gasteiger partial charge in [0.2, 0.25) is 0 Å². The highest BCUT2D eigenvalue weighted by atomic mass is 16.4. The number of aliphatic carboxylic acids is 1. The molecule has 1 aliphatic rings. The number of hydrogen-bond acceptors (Lipinski definition) is 3. The van der Waals surface area contributed by atoms with E-state index in [0.717, 1.165) is 6.42 Å². The van der Waals surface area contributed by atoms with Gasteiger partial charge in [-0.05, 0) is 72.6 Å². The summed E-state index contributed by atoms with van der Waals surface area (Å²) in [5.74, 6) is -0.506. The molecule has 1 saturated carbocycles. The van der Waals surface area contributed by atoms with Crippen LogP contribution >= 0.6 is 0 Å². The summed E-state index contributed by atoms with van der Waals surface area (Å²) < 4.78 is 0. The molecule has 5 heteroatoms. The third-order valence-electron chi connectivity index (χ3n) is 6.95. The molecule has 3 aromatic carbocycles. The van der Waals surface area contributed by atoms with Gasteiger partial charge in [-0.15, -0.1) is 0 Å². The quantitative estimate of drug-likeness (QED) is 0.354. The van der Waals surface area contributed by atoms with Crippen LogP contribution in [0.25, 0.3) is 10.8 Å². The van der Waals surface area contributed by atoms with Gasteiger partial charge in [-0.2, -0.15) is 0 Å². The lowest BCUT2D eigenvalue weighted by Gasteiger charge is -2.32. The predicted molar refractivity (Wildman–Crippen MR) is 136 cm³/mol. The fourth-order valence-corrected chi connectivity index (χ4v) is 5.17. The Balaban J connectivity index is 1.34. The molecule has 0 radical (unpaired) electrons. The van der Waals surface area contributed by atoms with Gasteiger partial charge in [0.05, 0.1) is 0 Å². The topological polar surface area (TPSA) is 78.4 Å². The molecule has 34 heavy (non-hydrogen) atoms. The second-order valence-corrected chi connectivity index (χ2v) is 9.39. The lowest BCUT2D eigenvalue weighted by Crippen LogP contribution is -2.35. The summed E-state index contributed by atoms with van der Waals surface area (Å²) in [5.41, 5.74) is 3.25. The number of carbonyl (C=O) groups excluding carboxylic acids is 1. The standard InChI is InChI=1S/C29H34N2O3/c1-20(26-12-5-8-22-7-2-3-11-27(22)26)31-25-10-4-9-24(19-25)21-14-16-23(17-15-21)29(34)30-18-6-13-28(32)33/h2-3,5,7-8,11-12,14-17,20,24-25,31H,4,6,9-10,13,18-19H2,1H3,(H,30,34)(H,32,33)/t20?,24-,25?/m0/s1. The van der Waals surface area contributed by atoms with Crippen molar-refractivity contribution in [2.45, 2.75) is 63.5 Å². The minimum atomic E-state index is -0.842. The number of rotatable bonds is 9. The molecule has 5 nitrogen and oxygen atoms in total. The van der Waals surface area contributed by atoms with Crippen molar-refractivity contribution >= 4 is 22.6 Å². The van der Waals surface area contributed by atoms with E-state index in [-0.39, 0.29) is 18.4 Å². The van der Waals surface area contributed by atoms with E-state index in [9.17, 15) is 9.59 Å². The van der Waals surface area contributed by atoms with Crippen molar-refractivity contribution < 1.29 is 14.7 Å². The molecule has 178 valence electrons. The largest absolute Gasteiger partial charge is 0.481 e. The van der Waals surface area contributed by atoms with E-state index in [2.05, 4.69) is 72.2 Å². The predicted octanol–water partition coefficient (Wildman–Crippen LogP) is 5.81. The highest BCUT2D eigenvalue weighted by molar-refractivity contribution is 5.94. The third-order valence-corrected chi connectivity index (χ3v) is 6.95. The van der Waals surface area contributed by atoms with E-state index in [4.69, 9.17) is 5.11 Å². The maximum absolute atomic E-state index is 12.3. The number of amides is 1. The van der Waals surface area contributed by atoms with Crippen molar-refractivity contribution in [3.8, 4) is 0 Å². The van der Waals surface area contributed by atoms with Crippen molar-refractivity contribution in [1.82, 2.24) is 10.6 Å². The number of benzene rings is 3. The smallest absolute Gasteiger partial charge is 0.303 e. The maximum atomic E-state index is 12.3. The first-order chi connectivity index (χ1) is 16.5. The average molecular weight is 459 g/mol. The number of fused-ring (bicyclic) bond motifs is 1. The average Bonchev–Trinajstić information content (AvgIpc) is 2.86. The molecule has 1 amide bonds. The lowest BCUT2D eigenvalue weighted by atomic mass is 9.80. The van der Waals surface area contributed by atoms with Gasteiger partial charge in [-0.1, -0.05) is 61.0 Å². The van der Waals surface area contributed by atoms with Crippen LogP contribution in [0.2, 0.25) is 0 Å². The molecule has 0 aromatic heterocycles. The third kappa shape index (κ3) is 6.03. The fraction of sp³-hybridized carbons (Fsp3) is 0.379. The molecular formula is C29H34N2O3. The van der Waals surface area contributed by atoms with Gasteiger partial charge in [0.25, 0.3) is 5.91 Å². The van der Waals surface area contributed by atoms with Gasteiger partial charge in [0.1, 0.15) is 0 Å². The summed E-state index contributed by atoms with van der Waals surface area (Å²) >= 11 is 0. The van der Waals surface area contributed by atoms with E-state index in [1.165, 1.54) is 41.2 Å². The highest BCUT2D eigenvalue weighted by Gasteiger charge is 2.25. The second kappa shape index (κ2) is 11.3. The normalized spacial score (nSPS) is 19.0. The summed E-state index contributed by atoms with van der Waals surface area (Å²) in [6.07, 6.45) is 5.14. The van der Waals surface area contributed by atoms with Crippen LogP contribution in [0.15, 0.2) is 66.7 Å². The van der Waals surface area contributed by atoms with Gasteiger partial charge < -0.3 is 15.7 Å². The van der Waals surface area contributed by atoms with Crippen LogP contribution in [-0.2, 0) is 4.79 Å². The molecule has 0 aliphatic heterocycles. The summed E-state index contributed by atoms with van der Waals surface area (Å²) in [6, 6.07) is 23.8. The first-order valence-corrected chi connectivity index (χ1v) is 12.3. The lowest BCUT2D eigenvalue weighted by molar-refractivity contribution is -0.137. The van der Waals surface area contributed by atoms with Gasteiger partial charge in [-0.25, -0.2) is 0 Å². The highest BCUT2D eigenvalue weighted by Crippen LogP contribution is 2.34. The van der Waals surface area contributed by atoms with E-state index < -0.39 is 5.97 Å². The minimum absolute atomic E-state index is 0.0647. The van der Waals surface area contributed by atoms with Gasteiger partial charge in [0, 0.05) is 30.6 Å². The summed E-state index contributed by atoms with van der Waals surface area (Å²) in [4.78, 5) is 22.9. The van der Waals surface area contributed by atoms with Crippen molar-refractivity contribution in [3.05, 3.63) is 83.4 Å². The van der Waals surface area contributed by atoms with Crippen LogP contribution in [0, 0.1) is 0 Å². The SMILES string of the molecule is CC(NC1CCC[C@H](c2ccc(C(=O)NCCCC(=O)O)cc2)C1)c1cccc2ccccc12. The molecule has 0 saturated heterocycles. The number of carbonyl (C=O) groups is 2. The summed E-state index contributed by atoms with van der Waals surface area (Å²) in [7, 11) is 0. The Morgan fingerprint density at radius 1 is 1.00 bits per heavy atom. The van der Waals surface area contributed by atoms with Gasteiger partial charge in [-0.3, -0.25) is 9.59 Å². The van der Waals surface area contributed by atoms with Gasteiger partial charge in [0.15, 0.2) is 0 Å². The van der Waals surface area contributed by atoms with Crippen molar-refractivity contribution in [2.24, 2.45) is 0 Å². The van der Waals surface area contributed by atoms with Crippen LogP contribution in [0.1, 0.15) is 78.9 Å². The molecule has 3 N–H and O–H groups in total. The maximum Gasteiger partial charge on any atom is 0.303 e. The first kappa shape index (κ1) is 24.0. The molecule has 2 unspecified atom stereocenters. The van der Waals surface area contributed by atoms with Crippen LogP contribution in [0.3, 0.4) is 0 Å². The van der Waals surface area contributed by atoms with Crippen molar-refractivity contribution in [3.63, 3.8) is 0 Å². The molecule has 3 aromatic rings. The Kier molecular flexibility index (Phi) is 7.96. The Morgan fingerprint density at radius 2 is 1.76 bits per heavy atom. The van der Waals surface area contributed by atoms with Crippen LogP contribution in [-0.4, -0.2) is 29.6 Å². The number of carboxylic acid groups (broad SMARTS) is 1. The fourth-order valence-electron chi connectivity index (χ4n) is 5.17. The molecule has 4 rings (SSSR count). The summed E-state index contributed by atoms with van der Waals surface area (Å²) in [5, 5.41) is 18.0. The van der Waals surface area contributed by atoms with Crippen molar-refractivity contribution in [1.29, 1.82) is 0 Å². The molecule has 0 heterocycles. The molecule has 1 fully saturated rings. The summed E-state index contributed by atoms with van der Waals surface area (Å²) in [6.45, 7) is 2.63. The Labute approximate surface area is 201 Å². The van der Waals surface area contributed by atoms with Gasteiger partial charge >= 0.3 is 5.97 Å². The van der Waals surface area contributed by atoms with E-state index in [1.807, 2.05) is 12.1 Å². The van der Waals surface area contributed by atoms with Crippen LogP contribution < -0.4 is 10.6 Å². The first-order valence-electron chi connectivity index (χ1n) is 12.3. The van der Waals surface area contributed by atoms with E-state index >= 15 is 0 Å². The zero-order valence-corrected chi connectivity index (χ0v) is 19.8.